The second-order valence-corrected chi connectivity index (χ2v) is 6.50. The summed E-state index contributed by atoms with van der Waals surface area (Å²) in [5.41, 5.74) is 2.43. The van der Waals surface area contributed by atoms with Gasteiger partial charge in [0.25, 0.3) is 0 Å². The quantitative estimate of drug-likeness (QED) is 0.650. The van der Waals surface area contributed by atoms with Gasteiger partial charge in [0.05, 0.1) is 29.6 Å². The zero-order valence-electron chi connectivity index (χ0n) is 14.6. The Morgan fingerprint density at radius 2 is 2.04 bits per heavy atom. The van der Waals surface area contributed by atoms with Crippen LogP contribution in [0.2, 0.25) is 5.15 Å². The average Bonchev–Trinajstić information content (AvgIpc) is 3.08. The summed E-state index contributed by atoms with van der Waals surface area (Å²) < 4.78 is 13.9. The van der Waals surface area contributed by atoms with Crippen LogP contribution in [0.3, 0.4) is 0 Å². The molecule has 8 heteroatoms. The van der Waals surface area contributed by atoms with Crippen molar-refractivity contribution >= 4 is 17.3 Å². The molecule has 26 heavy (non-hydrogen) atoms. The normalized spacial score (nSPS) is 16.2. The van der Waals surface area contributed by atoms with Crippen molar-refractivity contribution in [2.45, 2.75) is 19.7 Å². The minimum absolute atomic E-state index is 0.225. The molecule has 3 heterocycles. The molecule has 3 rings (SSSR count). The van der Waals surface area contributed by atoms with E-state index >= 15 is 0 Å². The molecule has 1 aliphatic rings. The van der Waals surface area contributed by atoms with Gasteiger partial charge in [-0.3, -0.25) is 9.58 Å². The number of pyridine rings is 1. The fraction of sp³-hybridized carbons (Fsp3) is 0.444. The third-order valence-corrected chi connectivity index (χ3v) is 4.53. The van der Waals surface area contributed by atoms with Crippen LogP contribution in [-0.4, -0.2) is 63.9 Å². The Balaban J connectivity index is 1.79. The Labute approximate surface area is 157 Å². The summed E-state index contributed by atoms with van der Waals surface area (Å²) in [6.45, 7) is 4.61. The summed E-state index contributed by atoms with van der Waals surface area (Å²) in [6, 6.07) is 1.82. The molecule has 0 spiro atoms. The Bertz CT molecular complexity index is 805. The molecule has 1 unspecified atom stereocenters. The van der Waals surface area contributed by atoms with Gasteiger partial charge in [-0.05, 0) is 6.92 Å². The van der Waals surface area contributed by atoms with Crippen molar-refractivity contribution in [1.29, 1.82) is 0 Å². The Morgan fingerprint density at radius 1 is 1.27 bits per heavy atom. The van der Waals surface area contributed by atoms with Crippen molar-refractivity contribution in [2.24, 2.45) is 0 Å². The summed E-state index contributed by atoms with van der Waals surface area (Å²) in [7, 11) is 0. The van der Waals surface area contributed by atoms with Gasteiger partial charge in [-0.1, -0.05) is 23.4 Å². The molecule has 138 valence electrons. The van der Waals surface area contributed by atoms with Crippen LogP contribution >= 0.6 is 11.6 Å². The standard InChI is InChI=1S/C18H21ClFN5O/c1-14(26)23-6-8-24(9-7-23)17-10-18(19)21-12-16(17)3-2-15-11-22-25(13-15)5-4-20/h10-14,26H,4-9H2,1H3. The summed E-state index contributed by atoms with van der Waals surface area (Å²) in [6.07, 6.45) is 4.56. The monoisotopic (exact) mass is 377 g/mol. The first-order chi connectivity index (χ1) is 12.6. The molecular formula is C18H21ClFN5O. The van der Waals surface area contributed by atoms with Crippen LogP contribution in [-0.2, 0) is 6.54 Å². The third kappa shape index (κ3) is 4.52. The maximum absolute atomic E-state index is 12.4. The number of rotatable bonds is 4. The minimum Gasteiger partial charge on any atom is -0.379 e. The van der Waals surface area contributed by atoms with E-state index in [-0.39, 0.29) is 6.54 Å². The fourth-order valence-corrected chi connectivity index (χ4v) is 3.04. The first kappa shape index (κ1) is 18.6. The topological polar surface area (TPSA) is 57.4 Å². The van der Waals surface area contributed by atoms with Gasteiger partial charge in [-0.15, -0.1) is 0 Å². The van der Waals surface area contributed by atoms with Crippen molar-refractivity contribution in [3.8, 4) is 11.8 Å². The minimum atomic E-state index is -0.460. The Morgan fingerprint density at radius 3 is 2.73 bits per heavy atom. The van der Waals surface area contributed by atoms with E-state index in [1.54, 1.807) is 25.5 Å². The predicted octanol–water partition coefficient (Wildman–Crippen LogP) is 1.76. The first-order valence-electron chi connectivity index (χ1n) is 8.50. The summed E-state index contributed by atoms with van der Waals surface area (Å²) >= 11 is 6.09. The van der Waals surface area contributed by atoms with Gasteiger partial charge in [-0.25, -0.2) is 9.37 Å². The van der Waals surface area contributed by atoms with E-state index in [9.17, 15) is 9.50 Å². The lowest BCUT2D eigenvalue weighted by molar-refractivity contribution is 0.0153. The van der Waals surface area contributed by atoms with Crippen LogP contribution in [0.1, 0.15) is 18.1 Å². The third-order valence-electron chi connectivity index (χ3n) is 4.32. The predicted molar refractivity (Wildman–Crippen MR) is 98.9 cm³/mol. The molecule has 0 bridgehead atoms. The van der Waals surface area contributed by atoms with E-state index < -0.39 is 12.9 Å². The largest absolute Gasteiger partial charge is 0.379 e. The molecule has 2 aromatic rings. The van der Waals surface area contributed by atoms with Gasteiger partial charge >= 0.3 is 0 Å². The van der Waals surface area contributed by atoms with E-state index in [1.165, 1.54) is 4.68 Å². The zero-order chi connectivity index (χ0) is 18.5. The van der Waals surface area contributed by atoms with Gasteiger partial charge in [0.1, 0.15) is 18.1 Å². The molecule has 0 aromatic carbocycles. The number of anilines is 1. The fourth-order valence-electron chi connectivity index (χ4n) is 2.89. The summed E-state index contributed by atoms with van der Waals surface area (Å²) in [4.78, 5) is 8.36. The van der Waals surface area contributed by atoms with Gasteiger partial charge in [0, 0.05) is 44.6 Å². The highest BCUT2D eigenvalue weighted by Gasteiger charge is 2.21. The van der Waals surface area contributed by atoms with Crippen molar-refractivity contribution < 1.29 is 9.50 Å². The van der Waals surface area contributed by atoms with E-state index in [0.29, 0.717) is 5.15 Å². The zero-order valence-corrected chi connectivity index (χ0v) is 15.3. The number of alkyl halides is 1. The maximum atomic E-state index is 12.4. The highest BCUT2D eigenvalue weighted by atomic mass is 35.5. The average molecular weight is 378 g/mol. The van der Waals surface area contributed by atoms with E-state index in [0.717, 1.165) is 43.0 Å². The molecule has 1 aliphatic heterocycles. The van der Waals surface area contributed by atoms with Crippen LogP contribution in [0.15, 0.2) is 24.7 Å². The number of hydrogen-bond acceptors (Lipinski definition) is 5. The summed E-state index contributed by atoms with van der Waals surface area (Å²) in [5, 5.41) is 14.2. The molecule has 6 nitrogen and oxygen atoms in total. The number of aliphatic hydroxyl groups is 1. The molecular weight excluding hydrogens is 357 g/mol. The van der Waals surface area contributed by atoms with Crippen molar-refractivity contribution in [1.82, 2.24) is 19.7 Å². The van der Waals surface area contributed by atoms with Crippen LogP contribution < -0.4 is 4.90 Å². The molecule has 2 aromatic heterocycles. The Kier molecular flexibility index (Phi) is 6.09. The first-order valence-corrected chi connectivity index (χ1v) is 8.87. The van der Waals surface area contributed by atoms with E-state index in [2.05, 4.69) is 26.8 Å². The molecule has 0 aliphatic carbocycles. The molecule has 1 N–H and O–H groups in total. The number of aryl methyl sites for hydroxylation is 1. The van der Waals surface area contributed by atoms with Gasteiger partial charge in [-0.2, -0.15) is 5.10 Å². The van der Waals surface area contributed by atoms with E-state index in [1.807, 2.05) is 11.0 Å². The summed E-state index contributed by atoms with van der Waals surface area (Å²) in [5.74, 6) is 6.17. The van der Waals surface area contributed by atoms with Crippen LogP contribution in [0.25, 0.3) is 0 Å². The van der Waals surface area contributed by atoms with Gasteiger partial charge in [0.2, 0.25) is 0 Å². The lowest BCUT2D eigenvalue weighted by Crippen LogP contribution is -2.49. The number of piperazine rings is 1. The molecule has 1 atom stereocenters. The molecule has 0 amide bonds. The van der Waals surface area contributed by atoms with Crippen LogP contribution in [0.5, 0.6) is 0 Å². The highest BCUT2D eigenvalue weighted by molar-refractivity contribution is 6.29. The van der Waals surface area contributed by atoms with Crippen LogP contribution in [0.4, 0.5) is 10.1 Å². The molecule has 1 fully saturated rings. The van der Waals surface area contributed by atoms with Crippen molar-refractivity contribution in [3.63, 3.8) is 0 Å². The maximum Gasteiger partial charge on any atom is 0.131 e. The SMILES string of the molecule is CC(O)N1CCN(c2cc(Cl)ncc2C#Cc2cnn(CCF)c2)CC1. The lowest BCUT2D eigenvalue weighted by atomic mass is 10.1. The number of hydrogen-bond donors (Lipinski definition) is 1. The number of nitrogens with zero attached hydrogens (tertiary/aromatic N) is 5. The molecule has 0 radical (unpaired) electrons. The number of aliphatic hydroxyl groups excluding tert-OH is 1. The van der Waals surface area contributed by atoms with Crippen LogP contribution in [0, 0.1) is 11.8 Å². The van der Waals surface area contributed by atoms with Gasteiger partial charge in [0.15, 0.2) is 0 Å². The van der Waals surface area contributed by atoms with Gasteiger partial charge < -0.3 is 10.0 Å². The number of halogens is 2. The number of aromatic nitrogens is 3. The smallest absolute Gasteiger partial charge is 0.131 e. The molecule has 0 saturated carbocycles. The second-order valence-electron chi connectivity index (χ2n) is 6.11. The Hall–Kier alpha value is -2.14. The van der Waals surface area contributed by atoms with E-state index in [4.69, 9.17) is 11.6 Å². The van der Waals surface area contributed by atoms with Crippen molar-refractivity contribution in [3.05, 3.63) is 40.9 Å². The lowest BCUT2D eigenvalue weighted by Gasteiger charge is -2.37. The second kappa shape index (κ2) is 8.49. The van der Waals surface area contributed by atoms with Crippen molar-refractivity contribution in [2.75, 3.05) is 37.8 Å². The highest BCUT2D eigenvalue weighted by Crippen LogP contribution is 2.24. The molecule has 1 saturated heterocycles.